The molecule has 0 saturated heterocycles. The number of amides is 1. The van der Waals surface area contributed by atoms with Crippen molar-refractivity contribution in [2.24, 2.45) is 0 Å². The molecular weight excluding hydrogens is 152 g/mol. The molecule has 3 heteroatoms. The normalized spacial score (nSPS) is 19.1. The van der Waals surface area contributed by atoms with Crippen molar-refractivity contribution in [1.82, 2.24) is 10.4 Å². The van der Waals surface area contributed by atoms with Crippen LogP contribution in [-0.2, 0) is 4.79 Å². The molecule has 1 radical (unpaired) electrons. The molecule has 0 spiro atoms. The summed E-state index contributed by atoms with van der Waals surface area (Å²) in [7, 11) is 0. The lowest BCUT2D eigenvalue weighted by molar-refractivity contribution is 0.221. The summed E-state index contributed by atoms with van der Waals surface area (Å²) in [6.45, 7) is 2.64. The molecule has 1 saturated carbocycles. The fourth-order valence-electron chi connectivity index (χ4n) is 1.63. The van der Waals surface area contributed by atoms with E-state index in [0.29, 0.717) is 12.6 Å². The summed E-state index contributed by atoms with van der Waals surface area (Å²) in [6.07, 6.45) is 8.17. The highest BCUT2D eigenvalue weighted by Crippen LogP contribution is 2.17. The van der Waals surface area contributed by atoms with Crippen LogP contribution in [0, 0.1) is 0 Å². The van der Waals surface area contributed by atoms with Crippen LogP contribution in [0.4, 0.5) is 0 Å². The lowest BCUT2D eigenvalue weighted by Gasteiger charge is -2.27. The molecular formula is C9H17N2O. The zero-order valence-electron chi connectivity index (χ0n) is 7.68. The molecule has 1 aliphatic rings. The second-order valence-corrected chi connectivity index (χ2v) is 3.30. The molecule has 0 unspecified atom stereocenters. The van der Waals surface area contributed by atoms with Gasteiger partial charge in [-0.25, -0.2) is 5.43 Å². The van der Waals surface area contributed by atoms with Crippen LogP contribution < -0.4 is 5.43 Å². The van der Waals surface area contributed by atoms with Gasteiger partial charge in [-0.2, -0.15) is 0 Å². The van der Waals surface area contributed by atoms with Crippen molar-refractivity contribution in [2.45, 2.75) is 45.1 Å². The zero-order chi connectivity index (χ0) is 8.81. The van der Waals surface area contributed by atoms with Crippen LogP contribution in [0.15, 0.2) is 0 Å². The summed E-state index contributed by atoms with van der Waals surface area (Å²) < 4.78 is 0. The predicted octanol–water partition coefficient (Wildman–Crippen LogP) is 1.21. The summed E-state index contributed by atoms with van der Waals surface area (Å²) in [5.74, 6) is 0. The molecule has 0 aromatic heterocycles. The van der Waals surface area contributed by atoms with Gasteiger partial charge in [0.2, 0.25) is 0 Å². The summed E-state index contributed by atoms with van der Waals surface area (Å²) in [5.41, 5.74) is 3.16. The van der Waals surface area contributed by atoms with Crippen LogP contribution in [0.1, 0.15) is 39.0 Å². The Kier molecular flexibility index (Phi) is 4.08. The van der Waals surface area contributed by atoms with Crippen molar-refractivity contribution >= 4 is 6.41 Å². The summed E-state index contributed by atoms with van der Waals surface area (Å²) in [4.78, 5) is 10.3. The first-order valence-electron chi connectivity index (χ1n) is 4.78. The van der Waals surface area contributed by atoms with E-state index in [9.17, 15) is 4.79 Å². The second-order valence-electron chi connectivity index (χ2n) is 3.30. The Balaban J connectivity index is 2.22. The summed E-state index contributed by atoms with van der Waals surface area (Å²) >= 11 is 0. The molecule has 1 rings (SSSR count). The van der Waals surface area contributed by atoms with Crippen LogP contribution >= 0.6 is 0 Å². The van der Waals surface area contributed by atoms with E-state index in [2.05, 4.69) is 5.43 Å². The Morgan fingerprint density at radius 2 is 2.08 bits per heavy atom. The van der Waals surface area contributed by atoms with Crippen molar-refractivity contribution in [3.63, 3.8) is 0 Å². The summed E-state index contributed by atoms with van der Waals surface area (Å²) in [6, 6.07) is 0.500. The lowest BCUT2D eigenvalue weighted by atomic mass is 9.96. The largest absolute Gasteiger partial charge is 0.327 e. The van der Waals surface area contributed by atoms with Gasteiger partial charge in [0.05, 0.1) is 0 Å². The van der Waals surface area contributed by atoms with E-state index in [1.54, 1.807) is 0 Å². The number of nitrogens with one attached hydrogen (secondary N) is 1. The van der Waals surface area contributed by atoms with Gasteiger partial charge in [-0.3, -0.25) is 9.80 Å². The Labute approximate surface area is 74.1 Å². The van der Waals surface area contributed by atoms with Crippen LogP contribution in [0.5, 0.6) is 0 Å². The molecule has 3 nitrogen and oxygen atoms in total. The van der Waals surface area contributed by atoms with Crippen molar-refractivity contribution in [3.05, 3.63) is 0 Å². The molecule has 1 N–H and O–H groups in total. The van der Waals surface area contributed by atoms with Crippen LogP contribution in [0.3, 0.4) is 0 Å². The molecule has 1 fully saturated rings. The second kappa shape index (κ2) is 5.14. The number of nitrogens with zero attached hydrogens (tertiary/aromatic N) is 1. The zero-order valence-corrected chi connectivity index (χ0v) is 7.68. The third-order valence-electron chi connectivity index (χ3n) is 2.37. The molecule has 0 atom stereocenters. The first-order chi connectivity index (χ1) is 5.86. The number of carbonyl (C=O) groups excluding carboxylic acids is 1. The minimum atomic E-state index is 0.500. The van der Waals surface area contributed by atoms with Crippen molar-refractivity contribution in [2.75, 3.05) is 6.54 Å². The van der Waals surface area contributed by atoms with Crippen LogP contribution in [0.25, 0.3) is 0 Å². The van der Waals surface area contributed by atoms with Crippen molar-refractivity contribution < 1.29 is 4.79 Å². The maximum atomic E-state index is 10.3. The van der Waals surface area contributed by atoms with E-state index in [-0.39, 0.29) is 0 Å². The fourth-order valence-corrected chi connectivity index (χ4v) is 1.63. The third-order valence-corrected chi connectivity index (χ3v) is 2.37. The van der Waals surface area contributed by atoms with E-state index < -0.39 is 0 Å². The van der Waals surface area contributed by atoms with Crippen molar-refractivity contribution in [1.29, 1.82) is 0 Å². The SMILES string of the molecule is CCN([C]=O)NC1CCCCC1. The van der Waals surface area contributed by atoms with Gasteiger partial charge in [0.15, 0.2) is 0 Å². The van der Waals surface area contributed by atoms with Gasteiger partial charge >= 0.3 is 6.41 Å². The molecule has 0 aromatic rings. The van der Waals surface area contributed by atoms with E-state index in [4.69, 9.17) is 0 Å². The quantitative estimate of drug-likeness (QED) is 0.507. The number of hydrogen-bond acceptors (Lipinski definition) is 2. The minimum absolute atomic E-state index is 0.500. The molecule has 0 heterocycles. The predicted molar refractivity (Wildman–Crippen MR) is 48.1 cm³/mol. The lowest BCUT2D eigenvalue weighted by Crippen LogP contribution is -2.44. The highest BCUT2D eigenvalue weighted by molar-refractivity contribution is 5.46. The van der Waals surface area contributed by atoms with E-state index in [1.165, 1.54) is 37.1 Å². The Morgan fingerprint density at radius 3 is 2.58 bits per heavy atom. The molecule has 0 aliphatic heterocycles. The van der Waals surface area contributed by atoms with Gasteiger partial charge in [0.1, 0.15) is 0 Å². The van der Waals surface area contributed by atoms with Gasteiger partial charge < -0.3 is 0 Å². The first kappa shape index (κ1) is 9.52. The van der Waals surface area contributed by atoms with E-state index in [0.717, 1.165) is 0 Å². The molecule has 1 amide bonds. The Hall–Kier alpha value is -0.570. The molecule has 12 heavy (non-hydrogen) atoms. The fraction of sp³-hybridized carbons (Fsp3) is 0.889. The monoisotopic (exact) mass is 169 g/mol. The summed E-state index contributed by atoms with van der Waals surface area (Å²) in [5, 5.41) is 1.51. The highest BCUT2D eigenvalue weighted by atomic mass is 16.1. The number of rotatable bonds is 4. The minimum Gasteiger partial charge on any atom is -0.270 e. The smallest absolute Gasteiger partial charge is 0.270 e. The van der Waals surface area contributed by atoms with Crippen LogP contribution in [0.2, 0.25) is 0 Å². The maximum absolute atomic E-state index is 10.3. The topological polar surface area (TPSA) is 32.3 Å². The molecule has 69 valence electrons. The van der Waals surface area contributed by atoms with Gasteiger partial charge in [-0.05, 0) is 19.8 Å². The van der Waals surface area contributed by atoms with E-state index >= 15 is 0 Å². The van der Waals surface area contributed by atoms with Gasteiger partial charge in [-0.1, -0.05) is 19.3 Å². The molecule has 0 aromatic carbocycles. The number of hydrazine groups is 1. The molecule has 1 aliphatic carbocycles. The Morgan fingerprint density at radius 1 is 1.42 bits per heavy atom. The van der Waals surface area contributed by atoms with Gasteiger partial charge in [0.25, 0.3) is 0 Å². The van der Waals surface area contributed by atoms with E-state index in [1.807, 2.05) is 13.3 Å². The Bertz CT molecular complexity index is 132. The average Bonchev–Trinajstić information content (AvgIpc) is 2.16. The first-order valence-corrected chi connectivity index (χ1v) is 4.78. The van der Waals surface area contributed by atoms with Crippen molar-refractivity contribution in [3.8, 4) is 0 Å². The van der Waals surface area contributed by atoms with Gasteiger partial charge in [-0.15, -0.1) is 0 Å². The van der Waals surface area contributed by atoms with Gasteiger partial charge in [0, 0.05) is 12.6 Å². The molecule has 0 bridgehead atoms. The number of hydrogen-bond donors (Lipinski definition) is 1. The third kappa shape index (κ3) is 2.81. The standard InChI is InChI=1S/C9H17N2O/c1-2-11(8-12)10-9-6-4-3-5-7-9/h9-10H,2-7H2,1H3. The average molecular weight is 169 g/mol. The highest BCUT2D eigenvalue weighted by Gasteiger charge is 2.14. The maximum Gasteiger partial charge on any atom is 0.327 e. The van der Waals surface area contributed by atoms with Crippen LogP contribution in [-0.4, -0.2) is 24.0 Å².